The van der Waals surface area contributed by atoms with Crippen LogP contribution >= 0.6 is 0 Å². The first-order valence-electron chi connectivity index (χ1n) is 5.50. The minimum Gasteiger partial charge on any atom is -0.481 e. The lowest BCUT2D eigenvalue weighted by Crippen LogP contribution is -2.53. The highest BCUT2D eigenvalue weighted by molar-refractivity contribution is 7.88. The van der Waals surface area contributed by atoms with Crippen LogP contribution in [0.15, 0.2) is 0 Å². The lowest BCUT2D eigenvalue weighted by Gasteiger charge is -2.33. The quantitative estimate of drug-likeness (QED) is 0.668. The van der Waals surface area contributed by atoms with Crippen LogP contribution in [0.2, 0.25) is 0 Å². The lowest BCUT2D eigenvalue weighted by atomic mass is 10.4. The SMILES string of the molecule is CS(=O)(=O)N1CCN(C(=O)NCCC(=O)O)CC1. The van der Waals surface area contributed by atoms with Crippen LogP contribution in [0.4, 0.5) is 4.79 Å². The van der Waals surface area contributed by atoms with Crippen molar-refractivity contribution < 1.29 is 23.1 Å². The molecule has 1 fully saturated rings. The topological polar surface area (TPSA) is 107 Å². The summed E-state index contributed by atoms with van der Waals surface area (Å²) >= 11 is 0. The molecule has 0 bridgehead atoms. The Labute approximate surface area is 106 Å². The molecule has 1 aliphatic heterocycles. The summed E-state index contributed by atoms with van der Waals surface area (Å²) in [5, 5.41) is 10.9. The fraction of sp³-hybridized carbons (Fsp3) is 0.778. The number of carbonyl (C=O) groups excluding carboxylic acids is 1. The van der Waals surface area contributed by atoms with Crippen LogP contribution in [0.1, 0.15) is 6.42 Å². The summed E-state index contributed by atoms with van der Waals surface area (Å²) < 4.78 is 23.8. The summed E-state index contributed by atoms with van der Waals surface area (Å²) in [4.78, 5) is 23.3. The van der Waals surface area contributed by atoms with Crippen molar-refractivity contribution in [3.8, 4) is 0 Å². The van der Waals surface area contributed by atoms with Gasteiger partial charge in [-0.25, -0.2) is 13.2 Å². The van der Waals surface area contributed by atoms with Gasteiger partial charge in [0.05, 0.1) is 12.7 Å². The molecule has 0 atom stereocenters. The Morgan fingerprint density at radius 1 is 1.22 bits per heavy atom. The molecule has 8 nitrogen and oxygen atoms in total. The van der Waals surface area contributed by atoms with E-state index in [2.05, 4.69) is 5.32 Å². The van der Waals surface area contributed by atoms with Gasteiger partial charge in [0.2, 0.25) is 10.0 Å². The standard InChI is InChI=1S/C9H17N3O5S/c1-18(16,17)12-6-4-11(5-7-12)9(15)10-3-2-8(13)14/h2-7H2,1H3,(H,10,15)(H,13,14). The van der Waals surface area contributed by atoms with E-state index in [1.54, 1.807) is 0 Å². The molecule has 0 aromatic rings. The summed E-state index contributed by atoms with van der Waals surface area (Å²) in [6, 6.07) is -0.357. The third-order valence-electron chi connectivity index (χ3n) is 2.61. The van der Waals surface area contributed by atoms with Crippen molar-refractivity contribution in [3.63, 3.8) is 0 Å². The van der Waals surface area contributed by atoms with E-state index in [0.29, 0.717) is 13.1 Å². The number of hydrogen-bond donors (Lipinski definition) is 2. The first kappa shape index (κ1) is 14.7. The molecule has 9 heteroatoms. The highest BCUT2D eigenvalue weighted by atomic mass is 32.2. The predicted octanol–water partition coefficient (Wildman–Crippen LogP) is -1.25. The molecule has 2 amide bonds. The molecule has 1 aliphatic rings. The highest BCUT2D eigenvalue weighted by Gasteiger charge is 2.25. The Hall–Kier alpha value is -1.35. The van der Waals surface area contributed by atoms with E-state index in [0.717, 1.165) is 6.26 Å². The molecule has 0 unspecified atom stereocenters. The maximum Gasteiger partial charge on any atom is 0.317 e. The van der Waals surface area contributed by atoms with Gasteiger partial charge in [-0.15, -0.1) is 0 Å². The zero-order chi connectivity index (χ0) is 13.8. The van der Waals surface area contributed by atoms with Gasteiger partial charge < -0.3 is 15.3 Å². The zero-order valence-electron chi connectivity index (χ0n) is 10.1. The van der Waals surface area contributed by atoms with Crippen LogP contribution in [0.25, 0.3) is 0 Å². The molecule has 2 N–H and O–H groups in total. The number of aliphatic carboxylic acids is 1. The van der Waals surface area contributed by atoms with Gasteiger partial charge in [-0.3, -0.25) is 4.79 Å². The molecule has 0 aromatic carbocycles. The van der Waals surface area contributed by atoms with Gasteiger partial charge in [0.1, 0.15) is 0 Å². The van der Waals surface area contributed by atoms with Crippen LogP contribution in [0.3, 0.4) is 0 Å². The molecule has 0 aromatic heterocycles. The van der Waals surface area contributed by atoms with Crippen molar-refractivity contribution in [2.24, 2.45) is 0 Å². The van der Waals surface area contributed by atoms with Gasteiger partial charge in [-0.05, 0) is 0 Å². The molecular formula is C9H17N3O5S. The first-order chi connectivity index (χ1) is 8.30. The Bertz CT molecular complexity index is 414. The maximum atomic E-state index is 11.6. The van der Waals surface area contributed by atoms with Crippen LogP contribution in [-0.4, -0.2) is 73.7 Å². The summed E-state index contributed by atoms with van der Waals surface area (Å²) in [6.07, 6.45) is 1.00. The third kappa shape index (κ3) is 4.49. The van der Waals surface area contributed by atoms with E-state index < -0.39 is 16.0 Å². The molecule has 0 spiro atoms. The number of sulfonamides is 1. The summed E-state index contributed by atoms with van der Waals surface area (Å²) in [5.41, 5.74) is 0. The monoisotopic (exact) mass is 279 g/mol. The Morgan fingerprint density at radius 2 is 1.78 bits per heavy atom. The van der Waals surface area contributed by atoms with Gasteiger partial charge >= 0.3 is 12.0 Å². The average Bonchev–Trinajstić information content (AvgIpc) is 2.27. The minimum absolute atomic E-state index is 0.0699. The van der Waals surface area contributed by atoms with E-state index in [9.17, 15) is 18.0 Å². The van der Waals surface area contributed by atoms with Crippen LogP contribution in [-0.2, 0) is 14.8 Å². The molecular weight excluding hydrogens is 262 g/mol. The molecule has 1 rings (SSSR count). The molecule has 1 heterocycles. The minimum atomic E-state index is -3.21. The van der Waals surface area contributed by atoms with E-state index in [4.69, 9.17) is 5.11 Å². The fourth-order valence-corrected chi connectivity index (χ4v) is 2.44. The normalized spacial score (nSPS) is 17.5. The van der Waals surface area contributed by atoms with Gasteiger partial charge in [0, 0.05) is 32.7 Å². The van der Waals surface area contributed by atoms with Gasteiger partial charge in [0.25, 0.3) is 0 Å². The number of urea groups is 1. The van der Waals surface area contributed by atoms with Crippen LogP contribution in [0.5, 0.6) is 0 Å². The maximum absolute atomic E-state index is 11.6. The van der Waals surface area contributed by atoms with Crippen LogP contribution < -0.4 is 5.32 Å². The van der Waals surface area contributed by atoms with E-state index in [1.165, 1.54) is 9.21 Å². The predicted molar refractivity (Wildman–Crippen MR) is 63.6 cm³/mol. The second-order valence-electron chi connectivity index (χ2n) is 4.02. The number of carboxylic acid groups (broad SMARTS) is 1. The van der Waals surface area contributed by atoms with E-state index in [1.807, 2.05) is 0 Å². The van der Waals surface area contributed by atoms with Gasteiger partial charge in [0.15, 0.2) is 0 Å². The second kappa shape index (κ2) is 6.01. The van der Waals surface area contributed by atoms with Crippen molar-refractivity contribution in [1.82, 2.24) is 14.5 Å². The molecule has 104 valence electrons. The lowest BCUT2D eigenvalue weighted by molar-refractivity contribution is -0.136. The number of carbonyl (C=O) groups is 2. The summed E-state index contributed by atoms with van der Waals surface area (Å²) in [6.45, 7) is 1.23. The Balaban J connectivity index is 2.34. The number of amides is 2. The number of piperazine rings is 1. The smallest absolute Gasteiger partial charge is 0.317 e. The highest BCUT2D eigenvalue weighted by Crippen LogP contribution is 2.05. The Kier molecular flexibility index (Phi) is 4.91. The first-order valence-corrected chi connectivity index (χ1v) is 7.35. The van der Waals surface area contributed by atoms with Crippen molar-refractivity contribution >= 4 is 22.0 Å². The molecule has 0 saturated carbocycles. The van der Waals surface area contributed by atoms with Crippen molar-refractivity contribution in [2.45, 2.75) is 6.42 Å². The fourth-order valence-electron chi connectivity index (χ4n) is 1.61. The molecule has 0 aliphatic carbocycles. The van der Waals surface area contributed by atoms with Gasteiger partial charge in [-0.2, -0.15) is 4.31 Å². The number of rotatable bonds is 4. The second-order valence-corrected chi connectivity index (χ2v) is 6.01. The largest absolute Gasteiger partial charge is 0.481 e. The molecule has 0 radical (unpaired) electrons. The van der Waals surface area contributed by atoms with Crippen LogP contribution in [0, 0.1) is 0 Å². The van der Waals surface area contributed by atoms with Gasteiger partial charge in [-0.1, -0.05) is 0 Å². The van der Waals surface area contributed by atoms with E-state index >= 15 is 0 Å². The number of nitrogens with one attached hydrogen (secondary N) is 1. The van der Waals surface area contributed by atoms with Crippen molar-refractivity contribution in [2.75, 3.05) is 39.0 Å². The number of hydrogen-bond acceptors (Lipinski definition) is 4. The van der Waals surface area contributed by atoms with Crippen molar-refractivity contribution in [3.05, 3.63) is 0 Å². The summed E-state index contributed by atoms with van der Waals surface area (Å²) in [7, 11) is -3.21. The number of carboxylic acids is 1. The number of nitrogens with zero attached hydrogens (tertiary/aromatic N) is 2. The summed E-state index contributed by atoms with van der Waals surface area (Å²) in [5.74, 6) is -0.975. The zero-order valence-corrected chi connectivity index (χ0v) is 10.9. The third-order valence-corrected chi connectivity index (χ3v) is 3.91. The van der Waals surface area contributed by atoms with Crippen molar-refractivity contribution in [1.29, 1.82) is 0 Å². The molecule has 18 heavy (non-hydrogen) atoms. The van der Waals surface area contributed by atoms with E-state index in [-0.39, 0.29) is 32.1 Å². The Morgan fingerprint density at radius 3 is 2.22 bits per heavy atom. The molecule has 1 saturated heterocycles. The average molecular weight is 279 g/mol.